The van der Waals surface area contributed by atoms with Gasteiger partial charge < -0.3 is 10.2 Å². The van der Waals surface area contributed by atoms with Crippen LogP contribution in [0.3, 0.4) is 0 Å². The van der Waals surface area contributed by atoms with Crippen molar-refractivity contribution >= 4 is 23.3 Å². The van der Waals surface area contributed by atoms with Crippen molar-refractivity contribution in [3.63, 3.8) is 0 Å². The second-order valence-corrected chi connectivity index (χ2v) is 4.45. The van der Waals surface area contributed by atoms with E-state index >= 15 is 0 Å². The average Bonchev–Trinajstić information content (AvgIpc) is 2.83. The number of nitrogens with one attached hydrogen (secondary N) is 1. The zero-order chi connectivity index (χ0) is 12.3. The van der Waals surface area contributed by atoms with Crippen LogP contribution in [0.2, 0.25) is 5.28 Å². The second kappa shape index (κ2) is 5.31. The number of hydrogen-bond acceptors (Lipinski definition) is 4. The van der Waals surface area contributed by atoms with E-state index in [1.165, 1.54) is 0 Å². The number of hydrogen-bond donors (Lipinski definition) is 1. The van der Waals surface area contributed by atoms with Crippen LogP contribution in [0.25, 0.3) is 0 Å². The topological polar surface area (TPSA) is 58.1 Å². The molecule has 1 amide bonds. The van der Waals surface area contributed by atoms with Gasteiger partial charge in [-0.05, 0) is 31.4 Å². The first-order valence-electron chi connectivity index (χ1n) is 5.67. The van der Waals surface area contributed by atoms with E-state index in [0.717, 1.165) is 31.5 Å². The number of likely N-dealkylation sites (tertiary alicyclic amines) is 1. The Balaban J connectivity index is 1.92. The number of carbonyl (C=O) groups excluding carboxylic acids is 1. The van der Waals surface area contributed by atoms with E-state index in [-0.39, 0.29) is 17.7 Å². The van der Waals surface area contributed by atoms with Crippen LogP contribution in [0, 0.1) is 6.92 Å². The Morgan fingerprint density at radius 1 is 1.53 bits per heavy atom. The minimum Gasteiger partial charge on any atom is -0.361 e. The van der Waals surface area contributed by atoms with Crippen molar-refractivity contribution in [2.75, 3.05) is 25.0 Å². The number of aryl methyl sites for hydroxylation is 1. The molecule has 92 valence electrons. The van der Waals surface area contributed by atoms with E-state index in [1.807, 2.05) is 11.8 Å². The van der Waals surface area contributed by atoms with Crippen LogP contribution in [-0.4, -0.2) is 40.4 Å². The summed E-state index contributed by atoms with van der Waals surface area (Å²) in [5, 5.41) is 3.19. The summed E-state index contributed by atoms with van der Waals surface area (Å²) in [4.78, 5) is 21.6. The number of aromatic nitrogens is 2. The van der Waals surface area contributed by atoms with Gasteiger partial charge in [0.05, 0.1) is 6.54 Å². The molecule has 0 aliphatic carbocycles. The molecule has 0 atom stereocenters. The van der Waals surface area contributed by atoms with Gasteiger partial charge in [0.25, 0.3) is 0 Å². The van der Waals surface area contributed by atoms with Gasteiger partial charge in [-0.1, -0.05) is 0 Å². The Hall–Kier alpha value is -1.36. The smallest absolute Gasteiger partial charge is 0.241 e. The first-order chi connectivity index (χ1) is 8.16. The van der Waals surface area contributed by atoms with Gasteiger partial charge in [-0.3, -0.25) is 4.79 Å². The molecule has 1 aliphatic rings. The van der Waals surface area contributed by atoms with E-state index < -0.39 is 0 Å². The number of anilines is 1. The lowest BCUT2D eigenvalue weighted by Gasteiger charge is -2.16. The van der Waals surface area contributed by atoms with Gasteiger partial charge in [-0.2, -0.15) is 0 Å². The fraction of sp³-hybridized carbons (Fsp3) is 0.545. The predicted octanol–water partition coefficient (Wildman–Crippen LogP) is 1.47. The summed E-state index contributed by atoms with van der Waals surface area (Å²) >= 11 is 5.70. The Labute approximate surface area is 105 Å². The fourth-order valence-corrected chi connectivity index (χ4v) is 1.97. The molecule has 0 aromatic carbocycles. The molecule has 0 unspecified atom stereocenters. The minimum atomic E-state index is 0.108. The number of amides is 1. The Morgan fingerprint density at radius 2 is 2.24 bits per heavy atom. The fourth-order valence-electron chi connectivity index (χ4n) is 1.84. The standard InChI is InChI=1S/C11H15ClN4O/c1-8-6-14-11(12)15-10(8)13-7-9(17)16-4-2-3-5-16/h6H,2-5,7H2,1H3,(H,13,14,15). The number of nitrogens with zero attached hydrogens (tertiary/aromatic N) is 3. The highest BCUT2D eigenvalue weighted by molar-refractivity contribution is 6.28. The molecule has 1 fully saturated rings. The molecule has 17 heavy (non-hydrogen) atoms. The highest BCUT2D eigenvalue weighted by atomic mass is 35.5. The quantitative estimate of drug-likeness (QED) is 0.830. The van der Waals surface area contributed by atoms with Gasteiger partial charge >= 0.3 is 0 Å². The van der Waals surface area contributed by atoms with E-state index in [4.69, 9.17) is 11.6 Å². The van der Waals surface area contributed by atoms with Crippen molar-refractivity contribution in [1.82, 2.24) is 14.9 Å². The van der Waals surface area contributed by atoms with Crippen molar-refractivity contribution in [2.45, 2.75) is 19.8 Å². The van der Waals surface area contributed by atoms with Gasteiger partial charge in [0, 0.05) is 24.8 Å². The lowest BCUT2D eigenvalue weighted by atomic mass is 10.3. The number of halogens is 1. The molecule has 1 aromatic heterocycles. The Bertz CT molecular complexity index is 418. The SMILES string of the molecule is Cc1cnc(Cl)nc1NCC(=O)N1CCCC1. The summed E-state index contributed by atoms with van der Waals surface area (Å²) in [6.07, 6.45) is 3.84. The van der Waals surface area contributed by atoms with Crippen molar-refractivity contribution in [3.05, 3.63) is 17.0 Å². The Kier molecular flexibility index (Phi) is 3.78. The van der Waals surface area contributed by atoms with Gasteiger partial charge in [0.1, 0.15) is 5.82 Å². The second-order valence-electron chi connectivity index (χ2n) is 4.11. The third-order valence-corrected chi connectivity index (χ3v) is 2.99. The molecule has 0 saturated carbocycles. The third-order valence-electron chi connectivity index (χ3n) is 2.81. The molecule has 1 aliphatic heterocycles. The zero-order valence-corrected chi connectivity index (χ0v) is 10.5. The average molecular weight is 255 g/mol. The molecular formula is C11H15ClN4O. The molecule has 1 saturated heterocycles. The van der Waals surface area contributed by atoms with E-state index in [1.54, 1.807) is 6.20 Å². The molecule has 2 heterocycles. The van der Waals surface area contributed by atoms with E-state index in [2.05, 4.69) is 15.3 Å². The van der Waals surface area contributed by atoms with Gasteiger partial charge in [0.15, 0.2) is 0 Å². The van der Waals surface area contributed by atoms with Crippen molar-refractivity contribution < 1.29 is 4.79 Å². The molecule has 1 N–H and O–H groups in total. The van der Waals surface area contributed by atoms with Crippen LogP contribution in [0.1, 0.15) is 18.4 Å². The van der Waals surface area contributed by atoms with Gasteiger partial charge in [-0.25, -0.2) is 9.97 Å². The first-order valence-corrected chi connectivity index (χ1v) is 6.05. The monoisotopic (exact) mass is 254 g/mol. The first kappa shape index (κ1) is 12.1. The summed E-state index contributed by atoms with van der Waals surface area (Å²) in [7, 11) is 0. The van der Waals surface area contributed by atoms with Crippen LogP contribution in [-0.2, 0) is 4.79 Å². The summed E-state index contributed by atoms with van der Waals surface area (Å²) in [5.74, 6) is 0.731. The highest BCUT2D eigenvalue weighted by Crippen LogP contribution is 2.13. The molecule has 0 spiro atoms. The van der Waals surface area contributed by atoms with Crippen molar-refractivity contribution in [3.8, 4) is 0 Å². The normalized spacial score (nSPS) is 15.1. The number of carbonyl (C=O) groups is 1. The summed E-state index contributed by atoms with van der Waals surface area (Å²) in [6.45, 7) is 3.86. The summed E-state index contributed by atoms with van der Waals surface area (Å²) in [5.41, 5.74) is 0.878. The molecule has 6 heteroatoms. The predicted molar refractivity (Wildman–Crippen MR) is 66.1 cm³/mol. The maximum absolute atomic E-state index is 11.8. The molecular weight excluding hydrogens is 240 g/mol. The van der Waals surface area contributed by atoms with Crippen LogP contribution in [0.15, 0.2) is 6.20 Å². The molecule has 5 nitrogen and oxygen atoms in total. The molecule has 1 aromatic rings. The van der Waals surface area contributed by atoms with Gasteiger partial charge in [-0.15, -0.1) is 0 Å². The minimum absolute atomic E-state index is 0.108. The lowest BCUT2D eigenvalue weighted by molar-refractivity contribution is -0.128. The summed E-state index contributed by atoms with van der Waals surface area (Å²) in [6, 6.07) is 0. The van der Waals surface area contributed by atoms with E-state index in [9.17, 15) is 4.79 Å². The lowest BCUT2D eigenvalue weighted by Crippen LogP contribution is -2.33. The van der Waals surface area contributed by atoms with Crippen molar-refractivity contribution in [2.24, 2.45) is 0 Å². The highest BCUT2D eigenvalue weighted by Gasteiger charge is 2.17. The molecule has 0 radical (unpaired) electrons. The maximum atomic E-state index is 11.8. The van der Waals surface area contributed by atoms with Gasteiger partial charge in [0.2, 0.25) is 11.2 Å². The summed E-state index contributed by atoms with van der Waals surface area (Å²) < 4.78 is 0. The molecule has 2 rings (SSSR count). The van der Waals surface area contributed by atoms with Crippen LogP contribution in [0.5, 0.6) is 0 Å². The van der Waals surface area contributed by atoms with Crippen molar-refractivity contribution in [1.29, 1.82) is 0 Å². The molecule has 0 bridgehead atoms. The van der Waals surface area contributed by atoms with Crippen LogP contribution in [0.4, 0.5) is 5.82 Å². The van der Waals surface area contributed by atoms with Crippen LogP contribution >= 0.6 is 11.6 Å². The zero-order valence-electron chi connectivity index (χ0n) is 9.74. The maximum Gasteiger partial charge on any atom is 0.241 e. The Morgan fingerprint density at radius 3 is 2.94 bits per heavy atom. The van der Waals surface area contributed by atoms with E-state index in [0.29, 0.717) is 5.82 Å². The number of rotatable bonds is 3. The third kappa shape index (κ3) is 3.06. The van der Waals surface area contributed by atoms with Crippen LogP contribution < -0.4 is 5.32 Å². The largest absolute Gasteiger partial charge is 0.361 e.